The number of likely N-dealkylation sites (tertiary alicyclic amines) is 1. The summed E-state index contributed by atoms with van der Waals surface area (Å²) in [4.78, 5) is 25.5. The van der Waals surface area contributed by atoms with E-state index in [0.29, 0.717) is 26.3 Å². The van der Waals surface area contributed by atoms with Gasteiger partial charge in [-0.05, 0) is 30.5 Å². The van der Waals surface area contributed by atoms with E-state index in [2.05, 4.69) is 14.9 Å². The molecule has 0 bridgehead atoms. The van der Waals surface area contributed by atoms with E-state index in [4.69, 9.17) is 10.5 Å². The Hall–Kier alpha value is -2.58. The molecule has 0 radical (unpaired) electrons. The maximum absolute atomic E-state index is 13.8. The smallest absolute Gasteiger partial charge is 0.236 e. The lowest BCUT2D eigenvalue weighted by Crippen LogP contribution is -2.47. The van der Waals surface area contributed by atoms with Crippen LogP contribution < -0.4 is 5.73 Å². The highest BCUT2D eigenvalue weighted by Crippen LogP contribution is 2.33. The lowest BCUT2D eigenvalue weighted by atomic mass is 9.90. The molecule has 2 saturated heterocycles. The predicted octanol–water partition coefficient (Wildman–Crippen LogP) is 1.90. The number of nitrogens with zero attached hydrogens (tertiary/aromatic N) is 4. The SMILES string of the molecule is Nc1ncc(-c2cccc(F)c2)c(C2CCCN(C(=O)CN3CCOCC3)C2)n1. The van der Waals surface area contributed by atoms with E-state index in [1.54, 1.807) is 12.3 Å². The number of amides is 1. The number of nitrogens with two attached hydrogens (primary N) is 1. The Morgan fingerprint density at radius 2 is 2.10 bits per heavy atom. The number of morpholine rings is 1. The van der Waals surface area contributed by atoms with Crippen LogP contribution in [0.2, 0.25) is 0 Å². The summed E-state index contributed by atoms with van der Waals surface area (Å²) in [5.41, 5.74) is 8.14. The molecule has 7 nitrogen and oxygen atoms in total. The number of nitrogen functional groups attached to an aromatic ring is 1. The van der Waals surface area contributed by atoms with Crippen LogP contribution in [0.15, 0.2) is 30.5 Å². The molecule has 29 heavy (non-hydrogen) atoms. The van der Waals surface area contributed by atoms with E-state index in [9.17, 15) is 9.18 Å². The highest BCUT2D eigenvalue weighted by atomic mass is 19.1. The number of carbonyl (C=O) groups is 1. The molecule has 2 aromatic rings. The summed E-state index contributed by atoms with van der Waals surface area (Å²) >= 11 is 0. The molecule has 0 aliphatic carbocycles. The molecule has 154 valence electrons. The monoisotopic (exact) mass is 399 g/mol. The van der Waals surface area contributed by atoms with E-state index < -0.39 is 0 Å². The minimum Gasteiger partial charge on any atom is -0.379 e. The summed E-state index contributed by atoms with van der Waals surface area (Å²) < 4.78 is 19.1. The van der Waals surface area contributed by atoms with Crippen LogP contribution >= 0.6 is 0 Å². The van der Waals surface area contributed by atoms with Crippen LogP contribution in [-0.2, 0) is 9.53 Å². The molecule has 2 aliphatic rings. The van der Waals surface area contributed by atoms with Crippen molar-refractivity contribution in [3.63, 3.8) is 0 Å². The van der Waals surface area contributed by atoms with Crippen molar-refractivity contribution < 1.29 is 13.9 Å². The number of benzene rings is 1. The molecule has 4 rings (SSSR count). The van der Waals surface area contributed by atoms with Gasteiger partial charge in [0.2, 0.25) is 11.9 Å². The van der Waals surface area contributed by atoms with E-state index in [-0.39, 0.29) is 23.6 Å². The quantitative estimate of drug-likeness (QED) is 0.845. The Bertz CT molecular complexity index is 872. The molecule has 0 spiro atoms. The van der Waals surface area contributed by atoms with Gasteiger partial charge in [0.1, 0.15) is 5.82 Å². The van der Waals surface area contributed by atoms with Gasteiger partial charge in [-0.25, -0.2) is 14.4 Å². The van der Waals surface area contributed by atoms with Gasteiger partial charge in [-0.2, -0.15) is 0 Å². The summed E-state index contributed by atoms with van der Waals surface area (Å²) in [7, 11) is 0. The number of carbonyl (C=O) groups excluding carboxylic acids is 1. The third-order valence-corrected chi connectivity index (χ3v) is 5.60. The Morgan fingerprint density at radius 3 is 2.90 bits per heavy atom. The Morgan fingerprint density at radius 1 is 1.28 bits per heavy atom. The molecule has 2 aliphatic heterocycles. The molecule has 8 heteroatoms. The van der Waals surface area contributed by atoms with Crippen LogP contribution in [0.3, 0.4) is 0 Å². The first-order valence-corrected chi connectivity index (χ1v) is 10.1. The number of aromatic nitrogens is 2. The average Bonchev–Trinajstić information content (AvgIpc) is 2.74. The van der Waals surface area contributed by atoms with Crippen molar-refractivity contribution in [1.29, 1.82) is 0 Å². The van der Waals surface area contributed by atoms with Gasteiger partial charge < -0.3 is 15.4 Å². The lowest BCUT2D eigenvalue weighted by Gasteiger charge is -2.35. The van der Waals surface area contributed by atoms with Gasteiger partial charge in [0.25, 0.3) is 0 Å². The molecule has 1 aromatic heterocycles. The lowest BCUT2D eigenvalue weighted by molar-refractivity contribution is -0.134. The second-order valence-electron chi connectivity index (χ2n) is 7.60. The minimum absolute atomic E-state index is 0.0426. The summed E-state index contributed by atoms with van der Waals surface area (Å²) in [5, 5.41) is 0. The van der Waals surface area contributed by atoms with Crippen molar-refractivity contribution in [3.05, 3.63) is 42.0 Å². The maximum Gasteiger partial charge on any atom is 0.236 e. The summed E-state index contributed by atoms with van der Waals surface area (Å²) in [6.45, 7) is 4.67. The standard InChI is InChI=1S/C21H26FN5O2/c22-17-5-1-3-15(11-17)18-12-24-21(23)25-20(18)16-4-2-6-27(13-16)19(28)14-26-7-9-29-10-8-26/h1,3,5,11-12,16H,2,4,6-10,13-14H2,(H2,23,24,25). The first kappa shape index (κ1) is 19.7. The number of hydrogen-bond donors (Lipinski definition) is 1. The molecule has 2 N–H and O–H groups in total. The van der Waals surface area contributed by atoms with Crippen molar-refractivity contribution >= 4 is 11.9 Å². The second kappa shape index (κ2) is 8.84. The molecule has 2 fully saturated rings. The highest BCUT2D eigenvalue weighted by Gasteiger charge is 2.29. The van der Waals surface area contributed by atoms with Crippen molar-refractivity contribution in [1.82, 2.24) is 19.8 Å². The van der Waals surface area contributed by atoms with Gasteiger partial charge in [0.15, 0.2) is 0 Å². The number of halogens is 1. The number of rotatable bonds is 4. The molecular weight excluding hydrogens is 373 g/mol. The molecule has 0 saturated carbocycles. The van der Waals surface area contributed by atoms with E-state index >= 15 is 0 Å². The van der Waals surface area contributed by atoms with Crippen LogP contribution in [0.4, 0.5) is 10.3 Å². The summed E-state index contributed by atoms with van der Waals surface area (Å²) in [6.07, 6.45) is 3.45. The number of anilines is 1. The van der Waals surface area contributed by atoms with Gasteiger partial charge in [0, 0.05) is 43.9 Å². The van der Waals surface area contributed by atoms with Crippen LogP contribution in [0, 0.1) is 5.82 Å². The van der Waals surface area contributed by atoms with E-state index in [0.717, 1.165) is 49.3 Å². The number of hydrogen-bond acceptors (Lipinski definition) is 6. The third-order valence-electron chi connectivity index (χ3n) is 5.60. The fourth-order valence-corrected chi connectivity index (χ4v) is 4.08. The largest absolute Gasteiger partial charge is 0.379 e. The van der Waals surface area contributed by atoms with Crippen LogP contribution in [-0.4, -0.2) is 71.6 Å². The minimum atomic E-state index is -0.309. The highest BCUT2D eigenvalue weighted by molar-refractivity contribution is 5.78. The Labute approximate surface area is 169 Å². The van der Waals surface area contributed by atoms with Gasteiger partial charge in [0.05, 0.1) is 25.5 Å². The summed E-state index contributed by atoms with van der Waals surface area (Å²) in [5.74, 6) is 0.0556. The van der Waals surface area contributed by atoms with E-state index in [1.165, 1.54) is 12.1 Å². The van der Waals surface area contributed by atoms with Crippen molar-refractivity contribution in [2.45, 2.75) is 18.8 Å². The summed E-state index contributed by atoms with van der Waals surface area (Å²) in [6, 6.07) is 6.39. The van der Waals surface area contributed by atoms with Crippen molar-refractivity contribution in [3.8, 4) is 11.1 Å². The Balaban J connectivity index is 1.53. The molecule has 1 atom stereocenters. The fraction of sp³-hybridized carbons (Fsp3) is 0.476. The molecule has 1 amide bonds. The number of piperidine rings is 1. The van der Waals surface area contributed by atoms with Gasteiger partial charge >= 0.3 is 0 Å². The molecular formula is C21H26FN5O2. The first-order valence-electron chi connectivity index (χ1n) is 10.1. The first-order chi connectivity index (χ1) is 14.1. The molecule has 1 aromatic carbocycles. The van der Waals surface area contributed by atoms with Crippen molar-refractivity contribution in [2.75, 3.05) is 51.7 Å². The van der Waals surface area contributed by atoms with Gasteiger partial charge in [-0.15, -0.1) is 0 Å². The zero-order valence-corrected chi connectivity index (χ0v) is 16.4. The van der Waals surface area contributed by atoms with Gasteiger partial charge in [-0.3, -0.25) is 9.69 Å². The predicted molar refractivity (Wildman–Crippen MR) is 108 cm³/mol. The zero-order chi connectivity index (χ0) is 20.2. The average molecular weight is 399 g/mol. The third kappa shape index (κ3) is 4.71. The van der Waals surface area contributed by atoms with Gasteiger partial charge in [-0.1, -0.05) is 12.1 Å². The Kier molecular flexibility index (Phi) is 6.01. The van der Waals surface area contributed by atoms with Crippen LogP contribution in [0.5, 0.6) is 0 Å². The van der Waals surface area contributed by atoms with Crippen LogP contribution in [0.1, 0.15) is 24.5 Å². The fourth-order valence-electron chi connectivity index (χ4n) is 4.08. The van der Waals surface area contributed by atoms with Crippen molar-refractivity contribution in [2.24, 2.45) is 0 Å². The van der Waals surface area contributed by atoms with E-state index in [1.807, 2.05) is 11.0 Å². The second-order valence-corrected chi connectivity index (χ2v) is 7.60. The maximum atomic E-state index is 13.8. The van der Waals surface area contributed by atoms with Crippen LogP contribution in [0.25, 0.3) is 11.1 Å². The molecule has 1 unspecified atom stereocenters. The number of ether oxygens (including phenoxy) is 1. The zero-order valence-electron chi connectivity index (χ0n) is 16.4. The molecule has 3 heterocycles. The topological polar surface area (TPSA) is 84.6 Å². The normalized spacial score (nSPS) is 20.6.